The highest BCUT2D eigenvalue weighted by molar-refractivity contribution is 5.94. The maximum Gasteiger partial charge on any atom is 0.338 e. The van der Waals surface area contributed by atoms with E-state index in [2.05, 4.69) is 66.4 Å². The van der Waals surface area contributed by atoms with Crippen molar-refractivity contribution in [3.05, 3.63) is 77.9 Å². The van der Waals surface area contributed by atoms with Gasteiger partial charge in [0.25, 0.3) is 0 Å². The Kier molecular flexibility index (Phi) is 7.15. The first-order valence-corrected chi connectivity index (χ1v) is 12.9. The fourth-order valence-electron chi connectivity index (χ4n) is 5.75. The molecule has 0 spiro atoms. The first-order chi connectivity index (χ1) is 16.7. The molecule has 5 rings (SSSR count). The number of anilines is 1. The third kappa shape index (κ3) is 4.97. The van der Waals surface area contributed by atoms with E-state index in [-0.39, 0.29) is 12.1 Å². The van der Waals surface area contributed by atoms with Gasteiger partial charge in [-0.25, -0.2) is 4.79 Å². The molecule has 1 saturated heterocycles. The van der Waals surface area contributed by atoms with Crippen LogP contribution in [0.2, 0.25) is 0 Å². The molecule has 1 heterocycles. The van der Waals surface area contributed by atoms with Gasteiger partial charge in [0.15, 0.2) is 0 Å². The molecular formula is C30H35NO3. The van der Waals surface area contributed by atoms with Crippen LogP contribution in [0.15, 0.2) is 66.7 Å². The molecule has 34 heavy (non-hydrogen) atoms. The first kappa shape index (κ1) is 22.9. The number of benzene rings is 3. The van der Waals surface area contributed by atoms with Gasteiger partial charge in [-0.1, -0.05) is 55.0 Å². The van der Waals surface area contributed by atoms with Crippen LogP contribution in [-0.4, -0.2) is 37.9 Å². The van der Waals surface area contributed by atoms with Crippen molar-refractivity contribution in [1.82, 2.24) is 0 Å². The summed E-state index contributed by atoms with van der Waals surface area (Å²) in [7, 11) is 0. The maximum absolute atomic E-state index is 12.4. The van der Waals surface area contributed by atoms with Crippen LogP contribution in [0.5, 0.6) is 0 Å². The molecule has 1 aliphatic carbocycles. The minimum atomic E-state index is -0.253. The van der Waals surface area contributed by atoms with Crippen LogP contribution >= 0.6 is 0 Å². The van der Waals surface area contributed by atoms with Gasteiger partial charge in [0.1, 0.15) is 6.61 Å². The molecular weight excluding hydrogens is 422 g/mol. The minimum Gasteiger partial charge on any atom is -0.459 e. The highest BCUT2D eigenvalue weighted by atomic mass is 16.6. The second kappa shape index (κ2) is 10.6. The number of ether oxygens (including phenoxy) is 2. The summed E-state index contributed by atoms with van der Waals surface area (Å²) in [6, 6.07) is 24.0. The molecule has 0 bridgehead atoms. The molecule has 4 heteroatoms. The SMILES string of the molecule is CCN(c1cccc2ccccc12)C1CCCC(c2ccc(C(=O)OCC3CCCO3)cc2)C1. The van der Waals surface area contributed by atoms with E-state index in [1.165, 1.54) is 41.3 Å². The van der Waals surface area contributed by atoms with Crippen molar-refractivity contribution in [2.24, 2.45) is 0 Å². The van der Waals surface area contributed by atoms with Crippen molar-refractivity contribution in [2.45, 2.75) is 63.5 Å². The number of esters is 1. The fourth-order valence-corrected chi connectivity index (χ4v) is 5.75. The predicted molar refractivity (Wildman–Crippen MR) is 138 cm³/mol. The number of carbonyl (C=O) groups is 1. The van der Waals surface area contributed by atoms with Crippen LogP contribution < -0.4 is 4.90 Å². The lowest BCUT2D eigenvalue weighted by molar-refractivity contribution is 0.0161. The molecule has 0 radical (unpaired) electrons. The van der Waals surface area contributed by atoms with Crippen molar-refractivity contribution in [3.8, 4) is 0 Å². The molecule has 0 N–H and O–H groups in total. The largest absolute Gasteiger partial charge is 0.459 e. The van der Waals surface area contributed by atoms with Crippen LogP contribution in [0.25, 0.3) is 10.8 Å². The van der Waals surface area contributed by atoms with Crippen molar-refractivity contribution < 1.29 is 14.3 Å². The Balaban J connectivity index is 1.26. The Morgan fingerprint density at radius 3 is 2.59 bits per heavy atom. The van der Waals surface area contributed by atoms with Crippen molar-refractivity contribution in [3.63, 3.8) is 0 Å². The summed E-state index contributed by atoms with van der Waals surface area (Å²) in [5, 5.41) is 2.63. The van der Waals surface area contributed by atoms with Gasteiger partial charge in [0.2, 0.25) is 0 Å². The number of fused-ring (bicyclic) bond motifs is 1. The van der Waals surface area contributed by atoms with Crippen LogP contribution in [0.1, 0.15) is 67.3 Å². The minimum absolute atomic E-state index is 0.0608. The predicted octanol–water partition coefficient (Wildman–Crippen LogP) is 6.73. The molecule has 4 nitrogen and oxygen atoms in total. The lowest BCUT2D eigenvalue weighted by Crippen LogP contribution is -2.38. The van der Waals surface area contributed by atoms with Crippen LogP contribution in [-0.2, 0) is 9.47 Å². The Labute approximate surface area is 202 Å². The lowest BCUT2D eigenvalue weighted by atomic mass is 9.80. The fraction of sp³-hybridized carbons (Fsp3) is 0.433. The van der Waals surface area contributed by atoms with Gasteiger partial charge in [-0.3, -0.25) is 0 Å². The number of carbonyl (C=O) groups excluding carboxylic acids is 1. The molecule has 2 fully saturated rings. The highest BCUT2D eigenvalue weighted by Crippen LogP contribution is 2.38. The van der Waals surface area contributed by atoms with Crippen molar-refractivity contribution in [2.75, 3.05) is 24.7 Å². The van der Waals surface area contributed by atoms with Crippen LogP contribution in [0, 0.1) is 0 Å². The number of hydrogen-bond donors (Lipinski definition) is 0. The highest BCUT2D eigenvalue weighted by Gasteiger charge is 2.28. The van der Waals surface area contributed by atoms with Gasteiger partial charge in [0.05, 0.1) is 11.7 Å². The second-order valence-electron chi connectivity index (χ2n) is 9.66. The Morgan fingerprint density at radius 2 is 1.79 bits per heavy atom. The number of rotatable bonds is 7. The Hall–Kier alpha value is -2.85. The zero-order valence-corrected chi connectivity index (χ0v) is 20.1. The van der Waals surface area contributed by atoms with Gasteiger partial charge in [-0.2, -0.15) is 0 Å². The molecule has 0 amide bonds. The van der Waals surface area contributed by atoms with E-state index in [1.54, 1.807) is 0 Å². The third-order valence-corrected chi connectivity index (χ3v) is 7.55. The monoisotopic (exact) mass is 457 g/mol. The van der Waals surface area contributed by atoms with Crippen LogP contribution in [0.4, 0.5) is 5.69 Å². The van der Waals surface area contributed by atoms with E-state index in [9.17, 15) is 4.79 Å². The zero-order chi connectivity index (χ0) is 23.3. The number of nitrogens with zero attached hydrogens (tertiary/aromatic N) is 1. The van der Waals surface area contributed by atoms with Gasteiger partial charge in [0, 0.05) is 30.3 Å². The zero-order valence-electron chi connectivity index (χ0n) is 20.1. The quantitative estimate of drug-likeness (QED) is 0.369. The first-order valence-electron chi connectivity index (χ1n) is 12.9. The molecule has 1 saturated carbocycles. The molecule has 178 valence electrons. The Bertz CT molecular complexity index is 1100. The van der Waals surface area contributed by atoms with E-state index < -0.39 is 0 Å². The summed E-state index contributed by atoms with van der Waals surface area (Å²) in [5.74, 6) is 0.261. The summed E-state index contributed by atoms with van der Waals surface area (Å²) in [5.41, 5.74) is 3.30. The van der Waals surface area contributed by atoms with Crippen molar-refractivity contribution >= 4 is 22.4 Å². The number of hydrogen-bond acceptors (Lipinski definition) is 4. The summed E-state index contributed by atoms with van der Waals surface area (Å²) in [6.45, 7) is 4.39. The summed E-state index contributed by atoms with van der Waals surface area (Å²) in [4.78, 5) is 15.1. The molecule has 1 aliphatic heterocycles. The Morgan fingerprint density at radius 1 is 0.971 bits per heavy atom. The van der Waals surface area contributed by atoms with Gasteiger partial charge in [-0.05, 0) is 74.1 Å². The second-order valence-corrected chi connectivity index (χ2v) is 9.66. The van der Waals surface area contributed by atoms with Gasteiger partial charge >= 0.3 is 5.97 Å². The average molecular weight is 458 g/mol. The standard InChI is InChI=1S/C30H35NO3/c1-2-31(29-14-6-9-23-8-3-4-13-28(23)29)26-11-5-10-25(20-26)22-15-17-24(18-16-22)30(32)34-21-27-12-7-19-33-27/h3-4,6,8-9,13-18,25-27H,2,5,7,10-12,19-21H2,1H3. The summed E-state index contributed by atoms with van der Waals surface area (Å²) in [6.07, 6.45) is 6.87. The van der Waals surface area contributed by atoms with Crippen LogP contribution in [0.3, 0.4) is 0 Å². The molecule has 0 aromatic heterocycles. The van der Waals surface area contributed by atoms with Gasteiger partial charge < -0.3 is 14.4 Å². The lowest BCUT2D eigenvalue weighted by Gasteiger charge is -2.39. The molecule has 3 aromatic rings. The molecule has 3 unspecified atom stereocenters. The average Bonchev–Trinajstić information content (AvgIpc) is 3.42. The van der Waals surface area contributed by atoms with Crippen molar-refractivity contribution in [1.29, 1.82) is 0 Å². The topological polar surface area (TPSA) is 38.8 Å². The van der Waals surface area contributed by atoms with E-state index in [4.69, 9.17) is 9.47 Å². The smallest absolute Gasteiger partial charge is 0.338 e. The van der Waals surface area contributed by atoms with Gasteiger partial charge in [-0.15, -0.1) is 0 Å². The van der Waals surface area contributed by atoms with E-state index in [0.29, 0.717) is 24.1 Å². The normalized spacial score (nSPS) is 22.6. The molecule has 3 atom stereocenters. The maximum atomic E-state index is 12.4. The van der Waals surface area contributed by atoms with E-state index in [0.717, 1.165) is 32.4 Å². The van der Waals surface area contributed by atoms with E-state index >= 15 is 0 Å². The summed E-state index contributed by atoms with van der Waals surface area (Å²) >= 11 is 0. The molecule has 2 aliphatic rings. The molecule has 3 aromatic carbocycles. The van der Waals surface area contributed by atoms with E-state index in [1.807, 2.05) is 12.1 Å². The third-order valence-electron chi connectivity index (χ3n) is 7.55. The summed E-state index contributed by atoms with van der Waals surface area (Å²) < 4.78 is 11.0.